The van der Waals surface area contributed by atoms with E-state index in [1.807, 2.05) is 12.1 Å². The molecular formula is C20H22N4O3S2. The van der Waals surface area contributed by atoms with Crippen LogP contribution >= 0.6 is 22.7 Å². The Hall–Kier alpha value is -2.65. The van der Waals surface area contributed by atoms with Crippen LogP contribution in [0, 0.1) is 13.8 Å². The van der Waals surface area contributed by atoms with E-state index < -0.39 is 5.97 Å². The lowest BCUT2D eigenvalue weighted by Crippen LogP contribution is -2.11. The van der Waals surface area contributed by atoms with Crippen molar-refractivity contribution in [3.05, 3.63) is 45.2 Å². The Morgan fingerprint density at radius 1 is 1.10 bits per heavy atom. The number of nitrogens with zero attached hydrogens (tertiary/aromatic N) is 3. The van der Waals surface area contributed by atoms with Crippen molar-refractivity contribution in [2.45, 2.75) is 40.5 Å². The summed E-state index contributed by atoms with van der Waals surface area (Å²) < 4.78 is 5.02. The van der Waals surface area contributed by atoms with E-state index in [2.05, 4.69) is 27.2 Å². The van der Waals surface area contributed by atoms with Crippen molar-refractivity contribution in [3.8, 4) is 10.6 Å². The fourth-order valence-corrected chi connectivity index (χ4v) is 4.54. The number of hydrogen-bond donors (Lipinski definition) is 1. The molecule has 29 heavy (non-hydrogen) atoms. The highest BCUT2D eigenvalue weighted by Crippen LogP contribution is 2.30. The highest BCUT2D eigenvalue weighted by Gasteiger charge is 2.21. The summed E-state index contributed by atoms with van der Waals surface area (Å²) in [6.45, 7) is 7.66. The molecule has 0 aromatic carbocycles. The van der Waals surface area contributed by atoms with E-state index in [-0.39, 0.29) is 12.5 Å². The van der Waals surface area contributed by atoms with Crippen molar-refractivity contribution in [2.24, 2.45) is 0 Å². The molecule has 1 amide bonds. The third-order valence-electron chi connectivity index (χ3n) is 4.05. The number of thiazole rings is 2. The molecule has 3 rings (SSSR count). The molecule has 0 unspecified atom stereocenters. The Kier molecular flexibility index (Phi) is 6.71. The van der Waals surface area contributed by atoms with Gasteiger partial charge in [0.1, 0.15) is 14.8 Å². The van der Waals surface area contributed by atoms with Gasteiger partial charge in [0, 0.05) is 17.5 Å². The van der Waals surface area contributed by atoms with Gasteiger partial charge in [0.15, 0.2) is 5.13 Å². The third kappa shape index (κ3) is 4.86. The maximum atomic E-state index is 12.8. The number of aryl methyl sites for hydroxylation is 3. The van der Waals surface area contributed by atoms with E-state index in [4.69, 9.17) is 4.74 Å². The zero-order chi connectivity index (χ0) is 21.0. The summed E-state index contributed by atoms with van der Waals surface area (Å²) in [5.74, 6) is -0.724. The van der Waals surface area contributed by atoms with E-state index in [0.717, 1.165) is 40.4 Å². The summed E-state index contributed by atoms with van der Waals surface area (Å²) >= 11 is 2.43. The minimum absolute atomic E-state index is 0.287. The zero-order valence-electron chi connectivity index (χ0n) is 16.7. The molecule has 0 bridgehead atoms. The molecule has 1 N–H and O–H groups in total. The van der Waals surface area contributed by atoms with Gasteiger partial charge in [-0.3, -0.25) is 15.1 Å². The minimum Gasteiger partial charge on any atom is -0.462 e. The van der Waals surface area contributed by atoms with Gasteiger partial charge in [0.2, 0.25) is 0 Å². The van der Waals surface area contributed by atoms with E-state index >= 15 is 0 Å². The summed E-state index contributed by atoms with van der Waals surface area (Å²) in [7, 11) is 0. The molecule has 3 heterocycles. The third-order valence-corrected chi connectivity index (χ3v) is 6.31. The normalized spacial score (nSPS) is 10.8. The van der Waals surface area contributed by atoms with Crippen molar-refractivity contribution in [1.29, 1.82) is 0 Å². The van der Waals surface area contributed by atoms with Gasteiger partial charge in [-0.25, -0.2) is 14.8 Å². The highest BCUT2D eigenvalue weighted by molar-refractivity contribution is 7.18. The molecule has 0 fully saturated rings. The van der Waals surface area contributed by atoms with Crippen LogP contribution in [0.4, 0.5) is 5.13 Å². The van der Waals surface area contributed by atoms with E-state index in [1.165, 1.54) is 11.3 Å². The number of carbonyl (C=O) groups excluding carboxylic acids is 2. The second-order valence-electron chi connectivity index (χ2n) is 6.33. The van der Waals surface area contributed by atoms with Crippen LogP contribution in [-0.2, 0) is 11.2 Å². The molecule has 0 aliphatic carbocycles. The van der Waals surface area contributed by atoms with Gasteiger partial charge < -0.3 is 4.74 Å². The maximum Gasteiger partial charge on any atom is 0.350 e. The lowest BCUT2D eigenvalue weighted by Gasteiger charge is -2.00. The zero-order valence-corrected chi connectivity index (χ0v) is 18.4. The molecule has 0 saturated carbocycles. The number of aromatic nitrogens is 3. The first-order valence-corrected chi connectivity index (χ1v) is 10.9. The highest BCUT2D eigenvalue weighted by atomic mass is 32.1. The van der Waals surface area contributed by atoms with Crippen molar-refractivity contribution >= 4 is 39.7 Å². The summed E-state index contributed by atoms with van der Waals surface area (Å²) in [4.78, 5) is 38.8. The van der Waals surface area contributed by atoms with Crippen LogP contribution in [0.15, 0.2) is 18.3 Å². The van der Waals surface area contributed by atoms with Crippen LogP contribution in [-0.4, -0.2) is 33.4 Å². The lowest BCUT2D eigenvalue weighted by atomic mass is 10.2. The number of ether oxygens (including phenoxy) is 1. The average molecular weight is 431 g/mol. The standard InChI is InChI=1S/C20H22N4O3S2/c1-5-7-14-10-13(8-9-21-14)18-22-11(3)15(28-18)17(25)24-20-23-12(4)16(29-20)19(26)27-6-2/h8-10H,5-7H2,1-4H3,(H,23,24,25). The van der Waals surface area contributed by atoms with Crippen LogP contribution in [0.3, 0.4) is 0 Å². The van der Waals surface area contributed by atoms with E-state index in [1.54, 1.807) is 27.0 Å². The predicted molar refractivity (Wildman–Crippen MR) is 115 cm³/mol. The molecule has 0 spiro atoms. The van der Waals surface area contributed by atoms with Gasteiger partial charge in [-0.05, 0) is 39.3 Å². The molecule has 152 valence electrons. The molecule has 3 aromatic heterocycles. The summed E-state index contributed by atoms with van der Waals surface area (Å²) in [6.07, 6.45) is 3.69. The molecule has 0 aliphatic rings. The summed E-state index contributed by atoms with van der Waals surface area (Å²) in [5.41, 5.74) is 3.14. The second-order valence-corrected chi connectivity index (χ2v) is 8.33. The van der Waals surface area contributed by atoms with E-state index in [9.17, 15) is 9.59 Å². The van der Waals surface area contributed by atoms with Gasteiger partial charge in [0.05, 0.1) is 18.0 Å². The molecule has 3 aromatic rings. The van der Waals surface area contributed by atoms with Crippen molar-refractivity contribution in [2.75, 3.05) is 11.9 Å². The first-order chi connectivity index (χ1) is 13.9. The molecule has 0 radical (unpaired) electrons. The average Bonchev–Trinajstić information content (AvgIpc) is 3.25. The molecule has 0 aliphatic heterocycles. The first-order valence-electron chi connectivity index (χ1n) is 9.31. The maximum absolute atomic E-state index is 12.8. The quantitative estimate of drug-likeness (QED) is 0.548. The molecule has 0 saturated heterocycles. The number of carbonyl (C=O) groups is 2. The largest absolute Gasteiger partial charge is 0.462 e. The SMILES string of the molecule is CCCc1cc(-c2nc(C)c(C(=O)Nc3nc(C)c(C(=O)OCC)s3)s2)ccn1. The predicted octanol–water partition coefficient (Wildman–Crippen LogP) is 4.66. The van der Waals surface area contributed by atoms with Crippen molar-refractivity contribution in [3.63, 3.8) is 0 Å². The van der Waals surface area contributed by atoms with Gasteiger partial charge in [-0.1, -0.05) is 24.7 Å². The summed E-state index contributed by atoms with van der Waals surface area (Å²) in [6, 6.07) is 3.91. The molecule has 9 heteroatoms. The molecular weight excluding hydrogens is 408 g/mol. The Morgan fingerprint density at radius 2 is 1.86 bits per heavy atom. The smallest absolute Gasteiger partial charge is 0.350 e. The van der Waals surface area contributed by atoms with Crippen LogP contribution in [0.5, 0.6) is 0 Å². The van der Waals surface area contributed by atoms with Crippen LogP contribution in [0.1, 0.15) is 56.7 Å². The number of esters is 1. The van der Waals surface area contributed by atoms with Crippen LogP contribution < -0.4 is 5.32 Å². The number of anilines is 1. The number of amides is 1. The number of nitrogens with one attached hydrogen (secondary N) is 1. The molecule has 0 atom stereocenters. The van der Waals surface area contributed by atoms with Crippen molar-refractivity contribution in [1.82, 2.24) is 15.0 Å². The number of rotatable bonds is 7. The van der Waals surface area contributed by atoms with Crippen molar-refractivity contribution < 1.29 is 14.3 Å². The van der Waals surface area contributed by atoms with E-state index in [0.29, 0.717) is 26.3 Å². The van der Waals surface area contributed by atoms with Crippen LogP contribution in [0.25, 0.3) is 10.6 Å². The number of hydrogen-bond acceptors (Lipinski definition) is 8. The van der Waals surface area contributed by atoms with Crippen LogP contribution in [0.2, 0.25) is 0 Å². The summed E-state index contributed by atoms with van der Waals surface area (Å²) in [5, 5.41) is 3.91. The lowest BCUT2D eigenvalue weighted by molar-refractivity contribution is 0.0531. The monoisotopic (exact) mass is 430 g/mol. The van der Waals surface area contributed by atoms with Gasteiger partial charge >= 0.3 is 5.97 Å². The molecule has 7 nitrogen and oxygen atoms in total. The topological polar surface area (TPSA) is 94.1 Å². The van der Waals surface area contributed by atoms with Gasteiger partial charge in [-0.2, -0.15) is 0 Å². The fraction of sp³-hybridized carbons (Fsp3) is 0.350. The fourth-order valence-electron chi connectivity index (χ4n) is 2.72. The first kappa shape index (κ1) is 21.1. The van der Waals surface area contributed by atoms with Gasteiger partial charge in [-0.15, -0.1) is 11.3 Å². The number of pyridine rings is 1. The Labute approximate surface area is 177 Å². The Morgan fingerprint density at radius 3 is 2.59 bits per heavy atom. The Balaban J connectivity index is 1.80. The van der Waals surface area contributed by atoms with Gasteiger partial charge in [0.25, 0.3) is 5.91 Å². The minimum atomic E-state index is -0.431. The second kappa shape index (κ2) is 9.23. The Bertz CT molecular complexity index is 1040.